The van der Waals surface area contributed by atoms with Crippen molar-refractivity contribution in [1.29, 1.82) is 5.41 Å². The number of aliphatic imine (C=N–C) groups is 1. The summed E-state index contributed by atoms with van der Waals surface area (Å²) in [6.45, 7) is 6.65. The van der Waals surface area contributed by atoms with Gasteiger partial charge in [-0.2, -0.15) is 0 Å². The molecule has 2 aliphatic heterocycles. The maximum absolute atomic E-state index is 13.8. The van der Waals surface area contributed by atoms with Gasteiger partial charge in [-0.3, -0.25) is 19.8 Å². The Kier molecular flexibility index (Phi) is 9.35. The van der Waals surface area contributed by atoms with E-state index in [2.05, 4.69) is 52.9 Å². The summed E-state index contributed by atoms with van der Waals surface area (Å²) in [6.07, 6.45) is 7.29. The molecule has 2 aliphatic rings. The van der Waals surface area contributed by atoms with Crippen LogP contribution in [0.3, 0.4) is 0 Å². The molecule has 0 amide bonds. The van der Waals surface area contributed by atoms with E-state index in [-0.39, 0.29) is 11.5 Å². The van der Waals surface area contributed by atoms with Crippen LogP contribution >= 0.6 is 11.6 Å². The number of fused-ring (bicyclic) bond motifs is 1. The number of hydrogen-bond donors (Lipinski definition) is 3. The topological polar surface area (TPSA) is 104 Å². The summed E-state index contributed by atoms with van der Waals surface area (Å²) in [5.41, 5.74) is 5.54. The SMILES string of the molecule is CCC1=C(Nc2ccc(C3CCCNC3)cc2)N=c2c(cc(-c3ccc(C(=N)OC=NC)cc3Cl)c(=O)n2CC)=CC1. The molecule has 1 atom stereocenters. The number of aromatic nitrogens is 1. The maximum atomic E-state index is 13.8. The van der Waals surface area contributed by atoms with E-state index in [0.717, 1.165) is 36.2 Å². The van der Waals surface area contributed by atoms with Crippen molar-refractivity contribution < 1.29 is 4.74 Å². The van der Waals surface area contributed by atoms with E-state index >= 15 is 0 Å². The second kappa shape index (κ2) is 13.3. The van der Waals surface area contributed by atoms with Gasteiger partial charge in [-0.15, -0.1) is 0 Å². The lowest BCUT2D eigenvalue weighted by Gasteiger charge is -2.23. The zero-order valence-corrected chi connectivity index (χ0v) is 25.1. The number of benzene rings is 2. The first-order valence-corrected chi connectivity index (χ1v) is 14.9. The number of rotatable bonds is 8. The van der Waals surface area contributed by atoms with Crippen molar-refractivity contribution in [3.8, 4) is 11.1 Å². The van der Waals surface area contributed by atoms with E-state index in [9.17, 15) is 4.79 Å². The fourth-order valence-electron chi connectivity index (χ4n) is 5.54. The number of nitrogens with zero attached hydrogens (tertiary/aromatic N) is 3. The molecule has 3 N–H and O–H groups in total. The fraction of sp³-hybridized carbons (Fsp3) is 0.333. The molecule has 0 saturated carbocycles. The summed E-state index contributed by atoms with van der Waals surface area (Å²) < 4.78 is 6.87. The Morgan fingerprint density at radius 3 is 2.69 bits per heavy atom. The summed E-state index contributed by atoms with van der Waals surface area (Å²) >= 11 is 6.66. The quantitative estimate of drug-likeness (QED) is 0.250. The zero-order valence-electron chi connectivity index (χ0n) is 24.3. The maximum Gasteiger partial charge on any atom is 0.260 e. The molecule has 1 fully saturated rings. The number of anilines is 1. The number of pyridine rings is 1. The Bertz CT molecular complexity index is 1720. The van der Waals surface area contributed by atoms with Crippen molar-refractivity contribution in [2.24, 2.45) is 9.98 Å². The van der Waals surface area contributed by atoms with Crippen LogP contribution in [0, 0.1) is 5.41 Å². The second-order valence-corrected chi connectivity index (χ2v) is 10.9. The van der Waals surface area contributed by atoms with Crippen LogP contribution in [0.2, 0.25) is 5.02 Å². The molecular weight excluding hydrogens is 548 g/mol. The van der Waals surface area contributed by atoms with Gasteiger partial charge in [-0.25, -0.2) is 4.99 Å². The Balaban J connectivity index is 1.51. The van der Waals surface area contributed by atoms with E-state index in [0.29, 0.717) is 46.1 Å². The van der Waals surface area contributed by atoms with Gasteiger partial charge in [-0.1, -0.05) is 42.8 Å². The molecule has 218 valence electrons. The third-order valence-corrected chi connectivity index (χ3v) is 8.21. The van der Waals surface area contributed by atoms with Crippen molar-refractivity contribution in [2.45, 2.75) is 52.0 Å². The van der Waals surface area contributed by atoms with Gasteiger partial charge in [-0.05, 0) is 86.5 Å². The summed E-state index contributed by atoms with van der Waals surface area (Å²) in [4.78, 5) is 22.6. The molecule has 0 spiro atoms. The molecule has 0 bridgehead atoms. The average molecular weight is 585 g/mol. The second-order valence-electron chi connectivity index (χ2n) is 10.5. The van der Waals surface area contributed by atoms with Gasteiger partial charge in [0.05, 0.1) is 0 Å². The molecule has 0 radical (unpaired) electrons. The van der Waals surface area contributed by atoms with Crippen molar-refractivity contribution in [2.75, 3.05) is 25.5 Å². The minimum absolute atomic E-state index is 0.0760. The molecular formula is C33H37ClN6O2. The van der Waals surface area contributed by atoms with E-state index in [1.165, 1.54) is 30.4 Å². The minimum atomic E-state index is -0.169. The van der Waals surface area contributed by atoms with Gasteiger partial charge in [0.2, 0.25) is 5.90 Å². The predicted molar refractivity (Wildman–Crippen MR) is 171 cm³/mol. The van der Waals surface area contributed by atoms with Crippen LogP contribution in [0.25, 0.3) is 17.2 Å². The van der Waals surface area contributed by atoms with E-state index in [4.69, 9.17) is 26.7 Å². The normalized spacial score (nSPS) is 16.8. The Morgan fingerprint density at radius 1 is 1.21 bits per heavy atom. The van der Waals surface area contributed by atoms with Gasteiger partial charge in [0.1, 0.15) is 11.3 Å². The molecule has 1 saturated heterocycles. The highest BCUT2D eigenvalue weighted by molar-refractivity contribution is 6.33. The highest BCUT2D eigenvalue weighted by atomic mass is 35.5. The molecule has 8 nitrogen and oxygen atoms in total. The predicted octanol–water partition coefficient (Wildman–Crippen LogP) is 5.19. The van der Waals surface area contributed by atoms with Crippen LogP contribution in [0.4, 0.5) is 5.69 Å². The van der Waals surface area contributed by atoms with Crippen LogP contribution in [-0.2, 0) is 11.3 Å². The van der Waals surface area contributed by atoms with Crippen LogP contribution < -0.4 is 26.9 Å². The van der Waals surface area contributed by atoms with E-state index < -0.39 is 0 Å². The Labute approximate surface area is 251 Å². The van der Waals surface area contributed by atoms with Gasteiger partial charge < -0.3 is 15.4 Å². The molecule has 9 heteroatoms. The van der Waals surface area contributed by atoms with Crippen molar-refractivity contribution in [3.05, 3.63) is 97.1 Å². The summed E-state index contributed by atoms with van der Waals surface area (Å²) in [5.74, 6) is 1.26. The lowest BCUT2D eigenvalue weighted by Crippen LogP contribution is -2.43. The van der Waals surface area contributed by atoms with Crippen molar-refractivity contribution >= 4 is 35.7 Å². The van der Waals surface area contributed by atoms with Crippen LogP contribution in [0.5, 0.6) is 0 Å². The van der Waals surface area contributed by atoms with Gasteiger partial charge in [0.15, 0.2) is 6.40 Å². The highest BCUT2D eigenvalue weighted by Gasteiger charge is 2.18. The van der Waals surface area contributed by atoms with Crippen molar-refractivity contribution in [1.82, 2.24) is 9.88 Å². The molecule has 3 heterocycles. The highest BCUT2D eigenvalue weighted by Crippen LogP contribution is 2.28. The Morgan fingerprint density at radius 2 is 2.02 bits per heavy atom. The van der Waals surface area contributed by atoms with Crippen LogP contribution in [0.15, 0.2) is 74.7 Å². The standard InChI is InChI=1S/C33H37ClN6O2/c1-4-21-8-9-24-17-28(27-15-12-23(18-29(27)34)30(35)42-20-36-3)33(41)40(5-2)32(24)39-31(21)38-26-13-10-22(11-14-26)25-7-6-16-37-19-25/h9-15,17-18,20,25,35,37-38H,4-8,16,19H2,1-3H3. The van der Waals surface area contributed by atoms with E-state index in [1.54, 1.807) is 29.8 Å². The fourth-order valence-corrected chi connectivity index (χ4v) is 5.83. The lowest BCUT2D eigenvalue weighted by atomic mass is 9.91. The molecule has 1 aromatic heterocycles. The number of nitrogens with one attached hydrogen (secondary N) is 3. The van der Waals surface area contributed by atoms with Crippen molar-refractivity contribution in [3.63, 3.8) is 0 Å². The Hall–Kier alpha value is -4.01. The number of halogens is 1. The van der Waals surface area contributed by atoms with Gasteiger partial charge >= 0.3 is 0 Å². The largest absolute Gasteiger partial charge is 0.428 e. The monoisotopic (exact) mass is 584 g/mol. The lowest BCUT2D eigenvalue weighted by molar-refractivity contribution is 0.461. The molecule has 42 heavy (non-hydrogen) atoms. The number of piperidine rings is 1. The summed E-state index contributed by atoms with van der Waals surface area (Å²) in [5, 5.41) is 16.4. The van der Waals surface area contributed by atoms with Gasteiger partial charge in [0, 0.05) is 52.8 Å². The average Bonchev–Trinajstić information content (AvgIpc) is 3.19. The van der Waals surface area contributed by atoms with Crippen LogP contribution in [0.1, 0.15) is 56.6 Å². The number of allylic oxidation sites excluding steroid dienone is 1. The van der Waals surface area contributed by atoms with E-state index in [1.807, 2.05) is 13.0 Å². The first-order valence-electron chi connectivity index (χ1n) is 14.5. The molecule has 3 aromatic rings. The molecule has 2 aromatic carbocycles. The minimum Gasteiger partial charge on any atom is -0.428 e. The first-order chi connectivity index (χ1) is 20.4. The molecule has 0 aliphatic carbocycles. The summed E-state index contributed by atoms with van der Waals surface area (Å²) in [6, 6.07) is 15.6. The van der Waals surface area contributed by atoms with Crippen LogP contribution in [-0.4, -0.2) is 37.0 Å². The summed E-state index contributed by atoms with van der Waals surface area (Å²) in [7, 11) is 1.56. The molecule has 5 rings (SSSR count). The first kappa shape index (κ1) is 29.5. The zero-order chi connectivity index (χ0) is 29.6. The van der Waals surface area contributed by atoms with Gasteiger partial charge in [0.25, 0.3) is 5.56 Å². The molecule has 1 unspecified atom stereocenters. The third kappa shape index (κ3) is 6.25. The number of hydrogen-bond acceptors (Lipinski definition) is 7. The number of ether oxygens (including phenoxy) is 1. The third-order valence-electron chi connectivity index (χ3n) is 7.89. The smallest absolute Gasteiger partial charge is 0.260 e.